The number of carbonyl (C=O) groups is 1. The highest BCUT2D eigenvalue weighted by Crippen LogP contribution is 2.35. The van der Waals surface area contributed by atoms with Gasteiger partial charge in [0.2, 0.25) is 0 Å². The topological polar surface area (TPSA) is 41.6 Å². The van der Waals surface area contributed by atoms with Crippen LogP contribution in [0.15, 0.2) is 0 Å². The number of likely N-dealkylation sites (tertiary alicyclic amines) is 1. The first kappa shape index (κ1) is 16.8. The average molecular weight is 296 g/mol. The van der Waals surface area contributed by atoms with Gasteiger partial charge in [0.05, 0.1) is 7.11 Å². The van der Waals surface area contributed by atoms with Gasteiger partial charge in [0.1, 0.15) is 5.54 Å². The minimum absolute atomic E-state index is 0.0915. The van der Waals surface area contributed by atoms with Gasteiger partial charge in [0.25, 0.3) is 0 Å². The van der Waals surface area contributed by atoms with Crippen molar-refractivity contribution in [1.29, 1.82) is 0 Å². The van der Waals surface area contributed by atoms with Gasteiger partial charge < -0.3 is 15.0 Å². The maximum atomic E-state index is 12.1. The Kier molecular flexibility index (Phi) is 6.06. The number of ether oxygens (including phenoxy) is 1. The molecule has 2 fully saturated rings. The number of hydrogen-bond donors (Lipinski definition) is 1. The van der Waals surface area contributed by atoms with Crippen LogP contribution in [0, 0.1) is 5.92 Å². The van der Waals surface area contributed by atoms with Gasteiger partial charge in [-0.15, -0.1) is 0 Å². The number of likely N-dealkylation sites (N-methyl/N-ethyl adjacent to an activating group) is 1. The molecule has 0 spiro atoms. The summed E-state index contributed by atoms with van der Waals surface area (Å²) in [4.78, 5) is 14.7. The number of nitrogens with one attached hydrogen (secondary N) is 1. The second-order valence-corrected chi connectivity index (χ2v) is 6.84. The lowest BCUT2D eigenvalue weighted by molar-refractivity contribution is -0.148. The van der Waals surface area contributed by atoms with Crippen LogP contribution < -0.4 is 5.32 Å². The van der Waals surface area contributed by atoms with E-state index in [2.05, 4.69) is 17.1 Å². The predicted octanol–water partition coefficient (Wildman–Crippen LogP) is 2.57. The van der Waals surface area contributed by atoms with E-state index in [4.69, 9.17) is 4.74 Å². The molecule has 2 aliphatic rings. The van der Waals surface area contributed by atoms with Crippen LogP contribution in [0.3, 0.4) is 0 Å². The molecule has 3 atom stereocenters. The molecule has 1 saturated heterocycles. The molecule has 2 rings (SSSR count). The number of methoxy groups -OCH3 is 1. The van der Waals surface area contributed by atoms with E-state index in [0.717, 1.165) is 25.2 Å². The van der Waals surface area contributed by atoms with E-state index in [1.807, 2.05) is 7.05 Å². The summed E-state index contributed by atoms with van der Waals surface area (Å²) in [5.41, 5.74) is -0.450. The average Bonchev–Trinajstić information content (AvgIpc) is 2.82. The van der Waals surface area contributed by atoms with Gasteiger partial charge in [0.15, 0.2) is 0 Å². The summed E-state index contributed by atoms with van der Waals surface area (Å²) in [6.07, 6.45) is 9.60. The van der Waals surface area contributed by atoms with Crippen LogP contribution in [-0.2, 0) is 9.53 Å². The Balaban J connectivity index is 1.93. The van der Waals surface area contributed by atoms with Gasteiger partial charge in [0, 0.05) is 6.04 Å². The summed E-state index contributed by atoms with van der Waals surface area (Å²) in [7, 11) is 3.38. The van der Waals surface area contributed by atoms with Gasteiger partial charge in [-0.2, -0.15) is 0 Å². The first-order valence-corrected chi connectivity index (χ1v) is 8.66. The maximum absolute atomic E-state index is 12.1. The van der Waals surface area contributed by atoms with Crippen LogP contribution in [0.2, 0.25) is 0 Å². The van der Waals surface area contributed by atoms with Gasteiger partial charge in [-0.05, 0) is 64.6 Å². The summed E-state index contributed by atoms with van der Waals surface area (Å²) in [6.45, 7) is 4.69. The largest absolute Gasteiger partial charge is 0.468 e. The summed E-state index contributed by atoms with van der Waals surface area (Å²) in [5.74, 6) is 0.822. The fourth-order valence-corrected chi connectivity index (χ4v) is 4.29. The Morgan fingerprint density at radius 1 is 1.33 bits per heavy atom. The van der Waals surface area contributed by atoms with E-state index >= 15 is 0 Å². The number of nitrogens with zero attached hydrogens (tertiary/aromatic N) is 1. The normalized spacial score (nSPS) is 34.6. The molecule has 1 aliphatic heterocycles. The molecule has 0 bridgehead atoms. The molecule has 1 heterocycles. The molecule has 0 aromatic heterocycles. The Labute approximate surface area is 129 Å². The van der Waals surface area contributed by atoms with E-state index in [-0.39, 0.29) is 5.97 Å². The zero-order valence-electron chi connectivity index (χ0n) is 14.0. The van der Waals surface area contributed by atoms with Crippen molar-refractivity contribution in [2.24, 2.45) is 5.92 Å². The van der Waals surface area contributed by atoms with E-state index in [1.165, 1.54) is 52.3 Å². The zero-order valence-corrected chi connectivity index (χ0v) is 14.0. The fourth-order valence-electron chi connectivity index (χ4n) is 4.29. The number of hydrogen-bond acceptors (Lipinski definition) is 4. The Bertz CT molecular complexity index is 348. The third kappa shape index (κ3) is 3.78. The smallest absolute Gasteiger partial charge is 0.326 e. The number of esters is 1. The standard InChI is InChI=1S/C17H32N2O2/c1-4-6-14-7-5-11-19(12-9-14)15-8-10-17(13-15,18-2)16(20)21-3/h14-15,18H,4-13H2,1-3H3. The molecule has 0 amide bonds. The van der Waals surface area contributed by atoms with Crippen LogP contribution in [0.5, 0.6) is 0 Å². The molecule has 3 unspecified atom stereocenters. The lowest BCUT2D eigenvalue weighted by Gasteiger charge is -2.30. The van der Waals surface area contributed by atoms with Gasteiger partial charge in [-0.3, -0.25) is 4.79 Å². The van der Waals surface area contributed by atoms with Crippen molar-refractivity contribution >= 4 is 5.97 Å². The molecule has 122 valence electrons. The zero-order chi connectivity index (χ0) is 15.3. The molecule has 1 saturated carbocycles. The van der Waals surface area contributed by atoms with Crippen LogP contribution >= 0.6 is 0 Å². The van der Waals surface area contributed by atoms with Crippen molar-refractivity contribution in [2.75, 3.05) is 27.2 Å². The Morgan fingerprint density at radius 3 is 2.81 bits per heavy atom. The molecular weight excluding hydrogens is 264 g/mol. The second kappa shape index (κ2) is 7.59. The lowest BCUT2D eigenvalue weighted by atomic mass is 9.96. The van der Waals surface area contributed by atoms with Gasteiger partial charge >= 0.3 is 5.97 Å². The molecule has 21 heavy (non-hydrogen) atoms. The summed E-state index contributed by atoms with van der Waals surface area (Å²) >= 11 is 0. The van der Waals surface area contributed by atoms with Crippen LogP contribution in [0.25, 0.3) is 0 Å². The molecule has 0 aromatic rings. The van der Waals surface area contributed by atoms with Crippen LogP contribution in [0.1, 0.15) is 58.3 Å². The number of rotatable bonds is 5. The summed E-state index contributed by atoms with van der Waals surface area (Å²) in [6, 6.07) is 0.539. The lowest BCUT2D eigenvalue weighted by Crippen LogP contribution is -2.50. The van der Waals surface area contributed by atoms with E-state index in [0.29, 0.717) is 6.04 Å². The van der Waals surface area contributed by atoms with Crippen molar-refractivity contribution in [3.8, 4) is 0 Å². The van der Waals surface area contributed by atoms with Gasteiger partial charge in [-0.1, -0.05) is 19.8 Å². The van der Waals surface area contributed by atoms with E-state index in [9.17, 15) is 4.79 Å². The van der Waals surface area contributed by atoms with Crippen molar-refractivity contribution < 1.29 is 9.53 Å². The molecule has 4 heteroatoms. The molecule has 0 radical (unpaired) electrons. The summed E-state index contributed by atoms with van der Waals surface area (Å²) in [5, 5.41) is 3.24. The van der Waals surface area contributed by atoms with Crippen LogP contribution in [0.4, 0.5) is 0 Å². The first-order valence-electron chi connectivity index (χ1n) is 8.66. The maximum Gasteiger partial charge on any atom is 0.326 e. The van der Waals surface area contributed by atoms with Crippen molar-refractivity contribution in [3.05, 3.63) is 0 Å². The SMILES string of the molecule is CCCC1CCCN(C2CCC(NC)(C(=O)OC)C2)CC1. The minimum atomic E-state index is -0.450. The van der Waals surface area contributed by atoms with Gasteiger partial charge in [-0.25, -0.2) is 0 Å². The van der Waals surface area contributed by atoms with Crippen molar-refractivity contribution in [1.82, 2.24) is 10.2 Å². The monoisotopic (exact) mass is 296 g/mol. The molecule has 0 aromatic carbocycles. The minimum Gasteiger partial charge on any atom is -0.468 e. The highest BCUT2D eigenvalue weighted by Gasteiger charge is 2.46. The van der Waals surface area contributed by atoms with Crippen molar-refractivity contribution in [2.45, 2.75) is 69.9 Å². The van der Waals surface area contributed by atoms with Crippen molar-refractivity contribution in [3.63, 3.8) is 0 Å². The Morgan fingerprint density at radius 2 is 2.14 bits per heavy atom. The Hall–Kier alpha value is -0.610. The van der Waals surface area contributed by atoms with E-state index < -0.39 is 5.54 Å². The molecule has 1 N–H and O–H groups in total. The third-order valence-corrected chi connectivity index (χ3v) is 5.64. The molecule has 1 aliphatic carbocycles. The highest BCUT2D eigenvalue weighted by molar-refractivity contribution is 5.81. The fraction of sp³-hybridized carbons (Fsp3) is 0.941. The molecular formula is C17H32N2O2. The molecule has 4 nitrogen and oxygen atoms in total. The highest BCUT2D eigenvalue weighted by atomic mass is 16.5. The quantitative estimate of drug-likeness (QED) is 0.792. The second-order valence-electron chi connectivity index (χ2n) is 6.84. The van der Waals surface area contributed by atoms with E-state index in [1.54, 1.807) is 0 Å². The first-order chi connectivity index (χ1) is 10.1. The van der Waals surface area contributed by atoms with Crippen LogP contribution in [-0.4, -0.2) is 49.7 Å². The third-order valence-electron chi connectivity index (χ3n) is 5.64. The number of carbonyl (C=O) groups excluding carboxylic acids is 1. The summed E-state index contributed by atoms with van der Waals surface area (Å²) < 4.78 is 5.02. The predicted molar refractivity (Wildman–Crippen MR) is 85.3 cm³/mol.